The fourth-order valence-electron chi connectivity index (χ4n) is 1.17. The van der Waals surface area contributed by atoms with E-state index in [1.54, 1.807) is 0 Å². The standard InChI is InChI=1S/C10H9F4NO2/c1-5-2-6(15)3-7(8(5)11)9(16)17-4-10(12,13)14/h2-3H,4,15H2,1H3. The van der Waals surface area contributed by atoms with Gasteiger partial charge in [0.25, 0.3) is 0 Å². The molecule has 1 rings (SSSR count). The van der Waals surface area contributed by atoms with E-state index in [1.807, 2.05) is 0 Å². The van der Waals surface area contributed by atoms with Crippen molar-refractivity contribution in [3.8, 4) is 0 Å². The summed E-state index contributed by atoms with van der Waals surface area (Å²) in [5.41, 5.74) is 4.88. The summed E-state index contributed by atoms with van der Waals surface area (Å²) in [5.74, 6) is -2.33. The molecular formula is C10H9F4NO2. The predicted octanol–water partition coefficient (Wildman–Crippen LogP) is 2.44. The third-order valence-electron chi connectivity index (χ3n) is 1.86. The molecule has 0 bridgehead atoms. The maximum atomic E-state index is 13.4. The van der Waals surface area contributed by atoms with Gasteiger partial charge >= 0.3 is 12.1 Å². The zero-order valence-electron chi connectivity index (χ0n) is 8.77. The number of carbonyl (C=O) groups is 1. The summed E-state index contributed by atoms with van der Waals surface area (Å²) in [4.78, 5) is 11.2. The minimum absolute atomic E-state index is 0.0592. The van der Waals surface area contributed by atoms with Crippen LogP contribution < -0.4 is 5.73 Å². The average molecular weight is 251 g/mol. The summed E-state index contributed by atoms with van der Waals surface area (Å²) in [6.45, 7) is -0.425. The monoisotopic (exact) mass is 251 g/mol. The van der Waals surface area contributed by atoms with Gasteiger partial charge in [0, 0.05) is 5.69 Å². The number of hydrogen-bond donors (Lipinski definition) is 1. The molecule has 1 aromatic rings. The van der Waals surface area contributed by atoms with Crippen molar-refractivity contribution in [1.82, 2.24) is 0 Å². The maximum absolute atomic E-state index is 13.4. The molecule has 0 saturated heterocycles. The highest BCUT2D eigenvalue weighted by Crippen LogP contribution is 2.20. The van der Waals surface area contributed by atoms with E-state index in [2.05, 4.69) is 4.74 Å². The largest absolute Gasteiger partial charge is 0.452 e. The van der Waals surface area contributed by atoms with E-state index < -0.39 is 30.1 Å². The molecule has 0 amide bonds. The first kappa shape index (κ1) is 13.3. The smallest absolute Gasteiger partial charge is 0.422 e. The van der Waals surface area contributed by atoms with Gasteiger partial charge in [0.15, 0.2) is 6.61 Å². The second kappa shape index (κ2) is 4.60. The van der Waals surface area contributed by atoms with Gasteiger partial charge in [-0.1, -0.05) is 0 Å². The summed E-state index contributed by atoms with van der Waals surface area (Å²) in [5, 5.41) is 0. The number of benzene rings is 1. The molecule has 0 heterocycles. The Morgan fingerprint density at radius 2 is 2.00 bits per heavy atom. The minimum atomic E-state index is -4.65. The molecule has 0 aromatic heterocycles. The molecule has 2 N–H and O–H groups in total. The molecule has 0 radical (unpaired) electrons. The second-order valence-corrected chi connectivity index (χ2v) is 3.39. The highest BCUT2D eigenvalue weighted by Gasteiger charge is 2.30. The number of hydrogen-bond acceptors (Lipinski definition) is 3. The van der Waals surface area contributed by atoms with E-state index in [0.29, 0.717) is 0 Å². The van der Waals surface area contributed by atoms with Crippen LogP contribution in [0, 0.1) is 12.7 Å². The molecule has 17 heavy (non-hydrogen) atoms. The highest BCUT2D eigenvalue weighted by molar-refractivity contribution is 5.91. The quantitative estimate of drug-likeness (QED) is 0.499. The van der Waals surface area contributed by atoms with Crippen LogP contribution in [-0.2, 0) is 4.74 Å². The Balaban J connectivity index is 2.90. The lowest BCUT2D eigenvalue weighted by Crippen LogP contribution is -2.21. The molecule has 0 spiro atoms. The Labute approximate surface area is 94.2 Å². The zero-order valence-corrected chi connectivity index (χ0v) is 8.77. The van der Waals surface area contributed by atoms with Gasteiger partial charge in [-0.3, -0.25) is 0 Å². The molecule has 0 aliphatic rings. The number of nitrogen functional groups attached to an aromatic ring is 1. The normalized spacial score (nSPS) is 11.4. The Bertz CT molecular complexity index is 443. The number of esters is 1. The van der Waals surface area contributed by atoms with Crippen molar-refractivity contribution in [3.63, 3.8) is 0 Å². The first-order chi connectivity index (χ1) is 7.70. The van der Waals surface area contributed by atoms with Crippen molar-refractivity contribution in [2.75, 3.05) is 12.3 Å². The summed E-state index contributed by atoms with van der Waals surface area (Å²) in [6.07, 6.45) is -4.65. The van der Waals surface area contributed by atoms with Crippen molar-refractivity contribution >= 4 is 11.7 Å². The molecule has 0 atom stereocenters. The number of carbonyl (C=O) groups excluding carboxylic acids is 1. The topological polar surface area (TPSA) is 52.3 Å². The highest BCUT2D eigenvalue weighted by atomic mass is 19.4. The van der Waals surface area contributed by atoms with E-state index in [9.17, 15) is 22.4 Å². The van der Waals surface area contributed by atoms with Crippen molar-refractivity contribution in [2.24, 2.45) is 0 Å². The van der Waals surface area contributed by atoms with Gasteiger partial charge in [-0.15, -0.1) is 0 Å². The fraction of sp³-hybridized carbons (Fsp3) is 0.300. The Hall–Kier alpha value is -1.79. The third-order valence-corrected chi connectivity index (χ3v) is 1.86. The van der Waals surface area contributed by atoms with Gasteiger partial charge in [-0.05, 0) is 24.6 Å². The van der Waals surface area contributed by atoms with Crippen molar-refractivity contribution in [2.45, 2.75) is 13.1 Å². The first-order valence-electron chi connectivity index (χ1n) is 4.50. The number of nitrogens with two attached hydrogens (primary N) is 1. The van der Waals surface area contributed by atoms with Crippen LogP contribution in [0.25, 0.3) is 0 Å². The molecule has 0 unspecified atom stereocenters. The summed E-state index contributed by atoms with van der Waals surface area (Å²) in [7, 11) is 0. The van der Waals surface area contributed by atoms with Gasteiger partial charge < -0.3 is 10.5 Å². The molecular weight excluding hydrogens is 242 g/mol. The van der Waals surface area contributed by atoms with E-state index in [-0.39, 0.29) is 11.3 Å². The lowest BCUT2D eigenvalue weighted by atomic mass is 10.1. The van der Waals surface area contributed by atoms with Crippen LogP contribution in [0.3, 0.4) is 0 Å². The number of aryl methyl sites for hydroxylation is 1. The molecule has 1 aromatic carbocycles. The van der Waals surface area contributed by atoms with Crippen molar-refractivity contribution in [1.29, 1.82) is 0 Å². The fourth-order valence-corrected chi connectivity index (χ4v) is 1.17. The lowest BCUT2D eigenvalue weighted by Gasteiger charge is -2.09. The van der Waals surface area contributed by atoms with Gasteiger partial charge in [0.2, 0.25) is 0 Å². The second-order valence-electron chi connectivity index (χ2n) is 3.39. The summed E-state index contributed by atoms with van der Waals surface area (Å²) >= 11 is 0. The number of halogens is 4. The van der Waals surface area contributed by atoms with Crippen LogP contribution in [-0.4, -0.2) is 18.8 Å². The van der Waals surface area contributed by atoms with Crippen LogP contribution in [0.4, 0.5) is 23.2 Å². The molecule has 0 aliphatic heterocycles. The van der Waals surface area contributed by atoms with E-state index in [1.165, 1.54) is 13.0 Å². The molecule has 0 saturated carbocycles. The Kier molecular flexibility index (Phi) is 3.59. The van der Waals surface area contributed by atoms with E-state index in [0.717, 1.165) is 6.07 Å². The SMILES string of the molecule is Cc1cc(N)cc(C(=O)OCC(F)(F)F)c1F. The average Bonchev–Trinajstić information content (AvgIpc) is 2.19. The zero-order chi connectivity index (χ0) is 13.2. The molecule has 7 heteroatoms. The van der Waals surface area contributed by atoms with Gasteiger partial charge in [-0.25, -0.2) is 9.18 Å². The predicted molar refractivity (Wildman–Crippen MR) is 51.9 cm³/mol. The Morgan fingerprint density at radius 1 is 1.41 bits per heavy atom. The molecule has 0 aliphatic carbocycles. The van der Waals surface area contributed by atoms with Crippen LogP contribution in [0.2, 0.25) is 0 Å². The minimum Gasteiger partial charge on any atom is -0.452 e. The van der Waals surface area contributed by atoms with Crippen molar-refractivity contribution < 1.29 is 27.1 Å². The van der Waals surface area contributed by atoms with Gasteiger partial charge in [-0.2, -0.15) is 13.2 Å². The van der Waals surface area contributed by atoms with Crippen LogP contribution in [0.15, 0.2) is 12.1 Å². The molecule has 94 valence electrons. The van der Waals surface area contributed by atoms with Crippen molar-refractivity contribution in [3.05, 3.63) is 29.1 Å². The van der Waals surface area contributed by atoms with Crippen LogP contribution >= 0.6 is 0 Å². The number of alkyl halides is 3. The third kappa shape index (κ3) is 3.61. The molecule has 3 nitrogen and oxygen atoms in total. The van der Waals surface area contributed by atoms with Gasteiger partial charge in [0.1, 0.15) is 5.82 Å². The van der Waals surface area contributed by atoms with Crippen LogP contribution in [0.5, 0.6) is 0 Å². The lowest BCUT2D eigenvalue weighted by molar-refractivity contribution is -0.161. The van der Waals surface area contributed by atoms with E-state index >= 15 is 0 Å². The van der Waals surface area contributed by atoms with Crippen LogP contribution in [0.1, 0.15) is 15.9 Å². The molecule has 0 fully saturated rings. The summed E-state index contributed by atoms with van der Waals surface area (Å²) in [6, 6.07) is 2.19. The first-order valence-corrected chi connectivity index (χ1v) is 4.50. The van der Waals surface area contributed by atoms with E-state index in [4.69, 9.17) is 5.73 Å². The number of anilines is 1. The van der Waals surface area contributed by atoms with Gasteiger partial charge in [0.05, 0.1) is 5.56 Å². The Morgan fingerprint density at radius 3 is 2.53 bits per heavy atom. The number of ether oxygens (including phenoxy) is 1. The maximum Gasteiger partial charge on any atom is 0.422 e. The summed E-state index contributed by atoms with van der Waals surface area (Å²) < 4.78 is 52.7. The number of rotatable bonds is 2.